The Hall–Kier alpha value is -1.13. The van der Waals surface area contributed by atoms with E-state index in [4.69, 9.17) is 5.73 Å². The number of rotatable bonds is 3. The average Bonchev–Trinajstić information content (AvgIpc) is 2.69. The molecule has 2 N–H and O–H groups in total. The molecule has 3 nitrogen and oxygen atoms in total. The molecule has 0 saturated carbocycles. The zero-order chi connectivity index (χ0) is 11.9. The summed E-state index contributed by atoms with van der Waals surface area (Å²) in [4.78, 5) is 6.94. The quantitative estimate of drug-likeness (QED) is 0.906. The van der Waals surface area contributed by atoms with Gasteiger partial charge in [-0.1, -0.05) is 36.8 Å². The minimum Gasteiger partial charge on any atom is -0.344 e. The van der Waals surface area contributed by atoms with Crippen LogP contribution in [-0.4, -0.2) is 23.6 Å². The van der Waals surface area contributed by atoms with Crippen LogP contribution < -0.4 is 10.6 Å². The zero-order valence-corrected chi connectivity index (χ0v) is 10.8. The first-order chi connectivity index (χ1) is 8.20. The molecule has 1 saturated heterocycles. The Morgan fingerprint density at radius 3 is 2.88 bits per heavy atom. The number of nitrogens with zero attached hydrogens (tertiary/aromatic N) is 2. The molecule has 0 spiro atoms. The van der Waals surface area contributed by atoms with Gasteiger partial charge in [0.2, 0.25) is 0 Å². The molecule has 0 bridgehead atoms. The standard InChI is InChI=1S/C13H17N3S/c1-2-7-13(14)8-16(9-13)12-15-10-5-3-4-6-11(10)17-12/h3-6H,2,7-9,14H2,1H3. The molecule has 1 aromatic carbocycles. The van der Waals surface area contributed by atoms with Gasteiger partial charge in [0.25, 0.3) is 0 Å². The Balaban J connectivity index is 1.78. The van der Waals surface area contributed by atoms with E-state index in [2.05, 4.69) is 35.0 Å². The average molecular weight is 247 g/mol. The van der Waals surface area contributed by atoms with Gasteiger partial charge < -0.3 is 10.6 Å². The first-order valence-electron chi connectivity index (χ1n) is 6.10. The van der Waals surface area contributed by atoms with Crippen molar-refractivity contribution in [2.24, 2.45) is 5.73 Å². The lowest BCUT2D eigenvalue weighted by atomic mass is 9.87. The maximum Gasteiger partial charge on any atom is 0.186 e. The molecule has 1 aliphatic rings. The number of thiazole rings is 1. The van der Waals surface area contributed by atoms with E-state index < -0.39 is 0 Å². The minimum atomic E-state index is 0.0204. The van der Waals surface area contributed by atoms with Crippen LogP contribution in [0.15, 0.2) is 24.3 Å². The highest BCUT2D eigenvalue weighted by molar-refractivity contribution is 7.22. The van der Waals surface area contributed by atoms with Crippen LogP contribution in [0.2, 0.25) is 0 Å². The fraction of sp³-hybridized carbons (Fsp3) is 0.462. The molecule has 1 aliphatic heterocycles. The molecule has 0 atom stereocenters. The molecule has 90 valence electrons. The highest BCUT2D eigenvalue weighted by Crippen LogP contribution is 2.34. The molecule has 2 heterocycles. The maximum absolute atomic E-state index is 6.27. The first kappa shape index (κ1) is 11.0. The van der Waals surface area contributed by atoms with Crippen molar-refractivity contribution >= 4 is 26.7 Å². The molecule has 0 radical (unpaired) electrons. The van der Waals surface area contributed by atoms with Crippen LogP contribution in [0.25, 0.3) is 10.2 Å². The highest BCUT2D eigenvalue weighted by Gasteiger charge is 2.39. The SMILES string of the molecule is CCCC1(N)CN(c2nc3ccccc3s2)C1. The van der Waals surface area contributed by atoms with Crippen molar-refractivity contribution in [2.45, 2.75) is 25.3 Å². The molecule has 2 aromatic rings. The second-order valence-corrected chi connectivity index (χ2v) is 5.94. The number of aromatic nitrogens is 1. The Kier molecular flexibility index (Phi) is 2.56. The molecule has 17 heavy (non-hydrogen) atoms. The molecule has 0 unspecified atom stereocenters. The highest BCUT2D eigenvalue weighted by atomic mass is 32.1. The predicted octanol–water partition coefficient (Wildman–Crippen LogP) is 2.61. The van der Waals surface area contributed by atoms with Crippen LogP contribution in [0.5, 0.6) is 0 Å². The molecular weight excluding hydrogens is 230 g/mol. The van der Waals surface area contributed by atoms with Gasteiger partial charge in [0.15, 0.2) is 5.13 Å². The van der Waals surface area contributed by atoms with E-state index in [1.165, 1.54) is 4.70 Å². The third kappa shape index (κ3) is 1.91. The Bertz CT molecular complexity index is 495. The summed E-state index contributed by atoms with van der Waals surface area (Å²) in [6, 6.07) is 8.28. The van der Waals surface area contributed by atoms with E-state index in [0.29, 0.717) is 0 Å². The van der Waals surface area contributed by atoms with Gasteiger partial charge in [0.1, 0.15) is 0 Å². The summed E-state index contributed by atoms with van der Waals surface area (Å²) in [5.41, 5.74) is 7.39. The normalized spacial score (nSPS) is 18.4. The molecule has 1 aromatic heterocycles. The van der Waals surface area contributed by atoms with Gasteiger partial charge in [0.05, 0.1) is 15.8 Å². The molecule has 4 heteroatoms. The molecule has 0 amide bonds. The molecular formula is C13H17N3S. The fourth-order valence-corrected chi connectivity index (χ4v) is 3.46. The topological polar surface area (TPSA) is 42.1 Å². The Morgan fingerprint density at radius 1 is 1.41 bits per heavy atom. The number of para-hydroxylation sites is 1. The van der Waals surface area contributed by atoms with E-state index in [1.807, 2.05) is 6.07 Å². The van der Waals surface area contributed by atoms with Gasteiger partial charge in [-0.3, -0.25) is 0 Å². The van der Waals surface area contributed by atoms with Crippen molar-refractivity contribution in [1.82, 2.24) is 4.98 Å². The summed E-state index contributed by atoms with van der Waals surface area (Å²) in [6.45, 7) is 4.08. The van der Waals surface area contributed by atoms with Crippen LogP contribution in [-0.2, 0) is 0 Å². The smallest absolute Gasteiger partial charge is 0.186 e. The zero-order valence-electron chi connectivity index (χ0n) is 10.0. The molecule has 1 fully saturated rings. The monoisotopic (exact) mass is 247 g/mol. The number of nitrogens with two attached hydrogens (primary N) is 1. The van der Waals surface area contributed by atoms with Crippen molar-refractivity contribution in [2.75, 3.05) is 18.0 Å². The number of benzene rings is 1. The van der Waals surface area contributed by atoms with Crippen molar-refractivity contribution in [3.05, 3.63) is 24.3 Å². The lowest BCUT2D eigenvalue weighted by Gasteiger charge is -2.47. The predicted molar refractivity (Wildman–Crippen MR) is 73.7 cm³/mol. The van der Waals surface area contributed by atoms with Crippen LogP contribution in [0.1, 0.15) is 19.8 Å². The van der Waals surface area contributed by atoms with Gasteiger partial charge in [-0.25, -0.2) is 4.98 Å². The maximum atomic E-state index is 6.27. The van der Waals surface area contributed by atoms with E-state index in [9.17, 15) is 0 Å². The van der Waals surface area contributed by atoms with Crippen LogP contribution >= 0.6 is 11.3 Å². The van der Waals surface area contributed by atoms with Crippen molar-refractivity contribution < 1.29 is 0 Å². The third-order valence-corrected chi connectivity index (χ3v) is 4.41. The first-order valence-corrected chi connectivity index (χ1v) is 6.91. The Labute approximate surface area is 105 Å². The minimum absolute atomic E-state index is 0.0204. The lowest BCUT2D eigenvalue weighted by molar-refractivity contribution is 0.307. The van der Waals surface area contributed by atoms with Gasteiger partial charge in [-0.15, -0.1) is 0 Å². The molecule has 3 rings (SSSR count). The summed E-state index contributed by atoms with van der Waals surface area (Å²) in [5.74, 6) is 0. The largest absolute Gasteiger partial charge is 0.344 e. The van der Waals surface area contributed by atoms with Gasteiger partial charge in [-0.2, -0.15) is 0 Å². The van der Waals surface area contributed by atoms with Crippen LogP contribution in [0, 0.1) is 0 Å². The van der Waals surface area contributed by atoms with Gasteiger partial charge in [-0.05, 0) is 18.6 Å². The summed E-state index contributed by atoms with van der Waals surface area (Å²) >= 11 is 1.76. The van der Waals surface area contributed by atoms with Crippen molar-refractivity contribution in [3.63, 3.8) is 0 Å². The van der Waals surface area contributed by atoms with E-state index in [1.54, 1.807) is 11.3 Å². The van der Waals surface area contributed by atoms with Crippen LogP contribution in [0.4, 0.5) is 5.13 Å². The van der Waals surface area contributed by atoms with Crippen LogP contribution in [0.3, 0.4) is 0 Å². The number of fused-ring (bicyclic) bond motifs is 1. The summed E-state index contributed by atoms with van der Waals surface area (Å²) in [7, 11) is 0. The molecule has 0 aliphatic carbocycles. The van der Waals surface area contributed by atoms with E-state index in [-0.39, 0.29) is 5.54 Å². The second-order valence-electron chi connectivity index (χ2n) is 4.93. The fourth-order valence-electron chi connectivity index (χ4n) is 2.50. The number of hydrogen-bond donors (Lipinski definition) is 1. The summed E-state index contributed by atoms with van der Waals surface area (Å²) in [6.07, 6.45) is 2.26. The van der Waals surface area contributed by atoms with Crippen molar-refractivity contribution in [1.29, 1.82) is 0 Å². The lowest BCUT2D eigenvalue weighted by Crippen LogP contribution is -2.67. The number of anilines is 1. The second kappa shape index (κ2) is 3.96. The van der Waals surface area contributed by atoms with Crippen molar-refractivity contribution in [3.8, 4) is 0 Å². The van der Waals surface area contributed by atoms with E-state index in [0.717, 1.165) is 36.6 Å². The van der Waals surface area contributed by atoms with Gasteiger partial charge >= 0.3 is 0 Å². The number of hydrogen-bond acceptors (Lipinski definition) is 4. The van der Waals surface area contributed by atoms with Gasteiger partial charge in [0, 0.05) is 13.1 Å². The summed E-state index contributed by atoms with van der Waals surface area (Å²) < 4.78 is 1.26. The van der Waals surface area contributed by atoms with E-state index >= 15 is 0 Å². The third-order valence-electron chi connectivity index (χ3n) is 3.31. The Morgan fingerprint density at radius 2 is 2.18 bits per heavy atom. The summed E-state index contributed by atoms with van der Waals surface area (Å²) in [5, 5.41) is 1.11.